The minimum Gasteiger partial charge on any atom is -0.489 e. The number of nitrogens with one attached hydrogen (secondary N) is 1. The van der Waals surface area contributed by atoms with Crippen molar-refractivity contribution < 1.29 is 18.8 Å². The summed E-state index contributed by atoms with van der Waals surface area (Å²) >= 11 is 0. The number of nitrogens with zero attached hydrogens (tertiary/aromatic N) is 2. The lowest BCUT2D eigenvalue weighted by Crippen LogP contribution is -2.32. The van der Waals surface area contributed by atoms with Gasteiger partial charge in [-0.1, -0.05) is 24.3 Å². The third-order valence-electron chi connectivity index (χ3n) is 3.70. The lowest BCUT2D eigenvalue weighted by molar-refractivity contribution is -0.384. The molecule has 0 aromatic heterocycles. The molecule has 0 fully saturated rings. The van der Waals surface area contributed by atoms with Crippen LogP contribution in [-0.4, -0.2) is 42.5 Å². The van der Waals surface area contributed by atoms with Crippen molar-refractivity contribution in [3.8, 4) is 5.75 Å². The molecule has 26 heavy (non-hydrogen) atoms. The summed E-state index contributed by atoms with van der Waals surface area (Å²) in [5.41, 5.74) is 0.336. The molecule has 0 aliphatic carbocycles. The lowest BCUT2D eigenvalue weighted by atomic mass is 10.2. The van der Waals surface area contributed by atoms with Crippen molar-refractivity contribution in [1.29, 1.82) is 0 Å². The Hall–Kier alpha value is -3.16. The molecular formula is C18H20FN3O4. The molecule has 2 aromatic carbocycles. The highest BCUT2D eigenvalue weighted by molar-refractivity contribution is 5.76. The van der Waals surface area contributed by atoms with Gasteiger partial charge in [0.25, 0.3) is 5.69 Å². The molecular weight excluding hydrogens is 341 g/mol. The van der Waals surface area contributed by atoms with Gasteiger partial charge in [-0.25, -0.2) is 4.39 Å². The number of amides is 1. The van der Waals surface area contributed by atoms with Crippen molar-refractivity contribution in [2.24, 2.45) is 0 Å². The molecule has 0 aliphatic rings. The molecule has 1 amide bonds. The average Bonchev–Trinajstić information content (AvgIpc) is 2.63. The number of ether oxygens (including phenoxy) is 1. The van der Waals surface area contributed by atoms with Crippen LogP contribution in [0, 0.1) is 15.9 Å². The minimum atomic E-state index is -0.476. The first kappa shape index (κ1) is 19.2. The van der Waals surface area contributed by atoms with Gasteiger partial charge in [0.2, 0.25) is 5.91 Å². The van der Waals surface area contributed by atoms with Crippen molar-refractivity contribution in [2.45, 2.75) is 6.42 Å². The lowest BCUT2D eigenvalue weighted by Gasteiger charge is -2.18. The standard InChI is InChI=1S/C18H20FN3O4/c1-21(12-13-26-17-9-5-2-6-14(17)19)18(23)10-11-20-15-7-3-4-8-16(15)22(24)25/h2-9,20H,10-13H2,1H3. The van der Waals surface area contributed by atoms with Crippen LogP contribution in [0.5, 0.6) is 5.75 Å². The molecule has 0 spiro atoms. The second-order valence-corrected chi connectivity index (χ2v) is 5.55. The predicted octanol–water partition coefficient (Wildman–Crippen LogP) is 3.07. The fraction of sp³-hybridized carbons (Fsp3) is 0.278. The maximum atomic E-state index is 13.4. The second-order valence-electron chi connectivity index (χ2n) is 5.55. The van der Waals surface area contributed by atoms with Crippen LogP contribution in [-0.2, 0) is 4.79 Å². The first-order valence-corrected chi connectivity index (χ1v) is 8.07. The third kappa shape index (κ3) is 5.44. The van der Waals surface area contributed by atoms with Gasteiger partial charge < -0.3 is 15.0 Å². The van der Waals surface area contributed by atoms with Crippen LogP contribution in [0.2, 0.25) is 0 Å². The smallest absolute Gasteiger partial charge is 0.292 e. The molecule has 2 aromatic rings. The molecule has 138 valence electrons. The first-order chi connectivity index (χ1) is 12.5. The number of carbonyl (C=O) groups excluding carboxylic acids is 1. The number of halogens is 1. The van der Waals surface area contributed by atoms with Crippen LogP contribution in [0.3, 0.4) is 0 Å². The Morgan fingerprint density at radius 1 is 1.23 bits per heavy atom. The summed E-state index contributed by atoms with van der Waals surface area (Å²) in [7, 11) is 1.62. The molecule has 0 bridgehead atoms. The SMILES string of the molecule is CN(CCOc1ccccc1F)C(=O)CCNc1ccccc1[N+](=O)[O-]. The molecule has 0 unspecified atom stereocenters. The van der Waals surface area contributed by atoms with Gasteiger partial charge in [0.15, 0.2) is 11.6 Å². The van der Waals surface area contributed by atoms with Gasteiger partial charge >= 0.3 is 0 Å². The van der Waals surface area contributed by atoms with Gasteiger partial charge in [0.05, 0.1) is 11.5 Å². The van der Waals surface area contributed by atoms with Crippen LogP contribution in [0.15, 0.2) is 48.5 Å². The Kier molecular flexibility index (Phi) is 6.90. The van der Waals surface area contributed by atoms with Crippen molar-refractivity contribution in [3.05, 3.63) is 64.5 Å². The molecule has 1 N–H and O–H groups in total. The predicted molar refractivity (Wildman–Crippen MR) is 95.7 cm³/mol. The molecule has 0 saturated heterocycles. The Morgan fingerprint density at radius 3 is 2.65 bits per heavy atom. The molecule has 0 radical (unpaired) electrons. The number of likely N-dealkylation sites (N-methyl/N-ethyl adjacent to an activating group) is 1. The summed E-state index contributed by atoms with van der Waals surface area (Å²) in [6.45, 7) is 0.738. The van der Waals surface area contributed by atoms with Crippen molar-refractivity contribution >= 4 is 17.3 Å². The molecule has 0 aliphatic heterocycles. The van der Waals surface area contributed by atoms with Crippen molar-refractivity contribution in [1.82, 2.24) is 4.90 Å². The molecule has 0 saturated carbocycles. The monoisotopic (exact) mass is 361 g/mol. The number of hydrogen-bond acceptors (Lipinski definition) is 5. The van der Waals surface area contributed by atoms with E-state index in [0.29, 0.717) is 12.2 Å². The Balaban J connectivity index is 1.74. The number of nitro groups is 1. The van der Waals surface area contributed by atoms with E-state index >= 15 is 0 Å². The first-order valence-electron chi connectivity index (χ1n) is 8.07. The zero-order chi connectivity index (χ0) is 18.9. The van der Waals surface area contributed by atoms with Gasteiger partial charge in [-0.2, -0.15) is 0 Å². The highest BCUT2D eigenvalue weighted by atomic mass is 19.1. The quantitative estimate of drug-likeness (QED) is 0.548. The maximum absolute atomic E-state index is 13.4. The third-order valence-corrected chi connectivity index (χ3v) is 3.70. The van der Waals surface area contributed by atoms with E-state index < -0.39 is 10.7 Å². The number of hydrogen-bond donors (Lipinski definition) is 1. The summed E-state index contributed by atoms with van der Waals surface area (Å²) in [5, 5.41) is 13.8. The fourth-order valence-corrected chi connectivity index (χ4v) is 2.26. The number of para-hydroxylation sites is 3. The van der Waals surface area contributed by atoms with Crippen molar-refractivity contribution in [2.75, 3.05) is 32.1 Å². The number of benzene rings is 2. The highest BCUT2D eigenvalue weighted by Crippen LogP contribution is 2.22. The number of rotatable bonds is 9. The van der Waals surface area contributed by atoms with Crippen LogP contribution < -0.4 is 10.1 Å². The van der Waals surface area contributed by atoms with E-state index in [0.717, 1.165) is 0 Å². The number of nitro benzene ring substituents is 1. The van der Waals surface area contributed by atoms with E-state index in [1.807, 2.05) is 0 Å². The Labute approximate surface area is 150 Å². The number of carbonyl (C=O) groups is 1. The summed E-state index contributed by atoms with van der Waals surface area (Å²) in [5.74, 6) is -0.449. The second kappa shape index (κ2) is 9.36. The molecule has 0 heterocycles. The maximum Gasteiger partial charge on any atom is 0.292 e. The Bertz CT molecular complexity index is 770. The topological polar surface area (TPSA) is 84.7 Å². The summed E-state index contributed by atoms with van der Waals surface area (Å²) in [4.78, 5) is 24.0. The van der Waals surface area contributed by atoms with Gasteiger partial charge in [-0.3, -0.25) is 14.9 Å². The van der Waals surface area contributed by atoms with E-state index in [-0.39, 0.29) is 36.9 Å². The largest absolute Gasteiger partial charge is 0.489 e. The average molecular weight is 361 g/mol. The summed E-state index contributed by atoms with van der Waals surface area (Å²) < 4.78 is 18.7. The van der Waals surface area contributed by atoms with Crippen LogP contribution in [0.4, 0.5) is 15.8 Å². The highest BCUT2D eigenvalue weighted by Gasteiger charge is 2.13. The zero-order valence-electron chi connectivity index (χ0n) is 14.4. The minimum absolute atomic E-state index is 0.0356. The van der Waals surface area contributed by atoms with Gasteiger partial charge in [0, 0.05) is 26.1 Å². The van der Waals surface area contributed by atoms with Crippen LogP contribution in [0.1, 0.15) is 6.42 Å². The zero-order valence-corrected chi connectivity index (χ0v) is 14.4. The molecule has 0 atom stereocenters. The van der Waals surface area contributed by atoms with Gasteiger partial charge in [-0.05, 0) is 18.2 Å². The van der Waals surface area contributed by atoms with E-state index in [2.05, 4.69) is 5.32 Å². The van der Waals surface area contributed by atoms with E-state index in [4.69, 9.17) is 4.74 Å². The Morgan fingerprint density at radius 2 is 1.92 bits per heavy atom. The van der Waals surface area contributed by atoms with Gasteiger partial charge in [-0.15, -0.1) is 0 Å². The summed E-state index contributed by atoms with van der Waals surface area (Å²) in [6.07, 6.45) is 0.169. The van der Waals surface area contributed by atoms with E-state index in [1.54, 1.807) is 37.4 Å². The van der Waals surface area contributed by atoms with Gasteiger partial charge in [0.1, 0.15) is 12.3 Å². The molecule has 8 heteroatoms. The number of anilines is 1. The molecule has 7 nitrogen and oxygen atoms in total. The normalized spacial score (nSPS) is 10.2. The van der Waals surface area contributed by atoms with Crippen molar-refractivity contribution in [3.63, 3.8) is 0 Å². The summed E-state index contributed by atoms with van der Waals surface area (Å²) in [6, 6.07) is 12.3. The molecule has 2 rings (SSSR count). The fourth-order valence-electron chi connectivity index (χ4n) is 2.26. The van der Waals surface area contributed by atoms with E-state index in [1.165, 1.54) is 23.1 Å². The van der Waals surface area contributed by atoms with Crippen LogP contribution in [0.25, 0.3) is 0 Å². The van der Waals surface area contributed by atoms with Crippen LogP contribution >= 0.6 is 0 Å². The van der Waals surface area contributed by atoms with E-state index in [9.17, 15) is 19.3 Å².